The van der Waals surface area contributed by atoms with Gasteiger partial charge < -0.3 is 30.1 Å². The zero-order chi connectivity index (χ0) is 25.4. The normalized spacial score (nSPS) is 30.2. The first-order valence-electron chi connectivity index (χ1n) is 11.9. The molecule has 3 N–H and O–H groups in total. The predicted octanol–water partition coefficient (Wildman–Crippen LogP) is 1.69. The summed E-state index contributed by atoms with van der Waals surface area (Å²) in [5.74, 6) is -1.97. The number of hydrogen-bond donors (Lipinski definition) is 3. The van der Waals surface area contributed by atoms with Gasteiger partial charge in [-0.25, -0.2) is 0 Å². The van der Waals surface area contributed by atoms with Gasteiger partial charge in [0.25, 0.3) is 0 Å². The van der Waals surface area contributed by atoms with Crippen molar-refractivity contribution in [3.63, 3.8) is 0 Å². The van der Waals surface area contributed by atoms with Crippen molar-refractivity contribution < 1.29 is 29.0 Å². The molecule has 3 heterocycles. The molecule has 3 aliphatic heterocycles. The maximum absolute atomic E-state index is 13.7. The summed E-state index contributed by atoms with van der Waals surface area (Å²) in [4.78, 5) is 41.8. The van der Waals surface area contributed by atoms with Crippen LogP contribution in [-0.2, 0) is 25.7 Å². The summed E-state index contributed by atoms with van der Waals surface area (Å²) in [6.07, 6.45) is -0.138. The van der Waals surface area contributed by atoms with Crippen molar-refractivity contribution in [2.45, 2.75) is 35.5 Å². The molecule has 36 heavy (non-hydrogen) atoms. The zero-order valence-electron chi connectivity index (χ0n) is 19.7. The number of methoxy groups -OCH3 is 1. The lowest BCUT2D eigenvalue weighted by Crippen LogP contribution is -2.54. The number of amides is 3. The van der Waals surface area contributed by atoms with Crippen LogP contribution in [0.3, 0.4) is 0 Å². The maximum atomic E-state index is 13.7. The number of ether oxygens (including phenoxy) is 2. The van der Waals surface area contributed by atoms with Crippen molar-refractivity contribution in [2.24, 2.45) is 11.8 Å². The molecule has 0 aliphatic carbocycles. The van der Waals surface area contributed by atoms with E-state index in [1.54, 1.807) is 31.4 Å². The number of alkyl halides is 1. The van der Waals surface area contributed by atoms with Crippen molar-refractivity contribution >= 4 is 39.3 Å². The van der Waals surface area contributed by atoms with E-state index in [4.69, 9.17) is 9.47 Å². The zero-order valence-corrected chi connectivity index (χ0v) is 21.3. The Hall–Kier alpha value is -2.95. The fraction of sp³-hybridized carbons (Fsp3) is 0.423. The van der Waals surface area contributed by atoms with E-state index in [-0.39, 0.29) is 29.8 Å². The van der Waals surface area contributed by atoms with Gasteiger partial charge in [-0.15, -0.1) is 0 Å². The molecule has 2 aromatic rings. The molecule has 3 saturated heterocycles. The van der Waals surface area contributed by atoms with E-state index >= 15 is 0 Å². The molecule has 3 aliphatic rings. The fourth-order valence-corrected chi connectivity index (χ4v) is 6.81. The van der Waals surface area contributed by atoms with E-state index in [9.17, 15) is 19.5 Å². The molecule has 9 nitrogen and oxygen atoms in total. The first-order valence-corrected chi connectivity index (χ1v) is 12.8. The summed E-state index contributed by atoms with van der Waals surface area (Å²) in [6, 6.07) is 15.4. The lowest BCUT2D eigenvalue weighted by molar-refractivity contribution is -0.141. The smallest absolute Gasteiger partial charge is 0.250 e. The number of rotatable bonds is 8. The Kier molecular flexibility index (Phi) is 6.76. The SMILES string of the molecule is COc1ccc(NC(=O)C2N(CCO)C(=O)[C@@H]3[C@H](C(=O)NCc4ccccc4)[C@H]4OC23CC4Br)cc1. The minimum Gasteiger partial charge on any atom is -0.497 e. The van der Waals surface area contributed by atoms with Crippen molar-refractivity contribution in [1.82, 2.24) is 10.2 Å². The molecule has 190 valence electrons. The minimum atomic E-state index is -1.17. The highest BCUT2D eigenvalue weighted by Gasteiger charge is 2.76. The number of nitrogens with zero attached hydrogens (tertiary/aromatic N) is 1. The van der Waals surface area contributed by atoms with E-state index in [0.29, 0.717) is 24.4 Å². The van der Waals surface area contributed by atoms with Gasteiger partial charge in [0.2, 0.25) is 17.7 Å². The van der Waals surface area contributed by atoms with Crippen molar-refractivity contribution in [3.05, 3.63) is 60.2 Å². The Morgan fingerprint density at radius 3 is 2.56 bits per heavy atom. The highest BCUT2D eigenvalue weighted by atomic mass is 79.9. The highest BCUT2D eigenvalue weighted by Crippen LogP contribution is 2.60. The molecule has 1 spiro atoms. The first kappa shape index (κ1) is 24.7. The summed E-state index contributed by atoms with van der Waals surface area (Å²) >= 11 is 3.64. The quantitative estimate of drug-likeness (QED) is 0.425. The Morgan fingerprint density at radius 2 is 1.89 bits per heavy atom. The Morgan fingerprint density at radius 1 is 1.17 bits per heavy atom. The molecular weight excluding hydrogens is 530 g/mol. The molecular formula is C26H28BrN3O6. The molecule has 5 rings (SSSR count). The van der Waals surface area contributed by atoms with Gasteiger partial charge in [-0.3, -0.25) is 14.4 Å². The summed E-state index contributed by atoms with van der Waals surface area (Å²) in [7, 11) is 1.56. The number of fused-ring (bicyclic) bond motifs is 1. The highest BCUT2D eigenvalue weighted by molar-refractivity contribution is 9.09. The molecule has 0 saturated carbocycles. The average Bonchev–Trinajstić information content (AvgIpc) is 3.47. The summed E-state index contributed by atoms with van der Waals surface area (Å²) in [6.45, 7) is -0.0183. The van der Waals surface area contributed by atoms with Crippen LogP contribution in [0.1, 0.15) is 12.0 Å². The van der Waals surface area contributed by atoms with E-state index in [0.717, 1.165) is 5.56 Å². The summed E-state index contributed by atoms with van der Waals surface area (Å²) < 4.78 is 11.6. The number of carbonyl (C=O) groups is 3. The van der Waals surface area contributed by atoms with Crippen LogP contribution in [0, 0.1) is 11.8 Å². The van der Waals surface area contributed by atoms with Gasteiger partial charge in [-0.05, 0) is 36.2 Å². The van der Waals surface area contributed by atoms with Crippen molar-refractivity contribution in [3.8, 4) is 5.75 Å². The van der Waals surface area contributed by atoms with Gasteiger partial charge in [0.05, 0.1) is 31.7 Å². The number of benzene rings is 2. The van der Waals surface area contributed by atoms with Crippen LogP contribution in [0.4, 0.5) is 5.69 Å². The number of likely N-dealkylation sites (tertiary alicyclic amines) is 1. The molecule has 3 unspecified atom stereocenters. The topological polar surface area (TPSA) is 117 Å². The van der Waals surface area contributed by atoms with Crippen molar-refractivity contribution in [1.29, 1.82) is 0 Å². The number of aliphatic hydroxyl groups excluding tert-OH is 1. The number of carbonyl (C=O) groups excluding carboxylic acids is 3. The fourth-order valence-electron chi connectivity index (χ4n) is 5.87. The Bertz CT molecular complexity index is 1150. The third kappa shape index (κ3) is 4.07. The second kappa shape index (κ2) is 9.84. The van der Waals surface area contributed by atoms with Crippen LogP contribution in [-0.4, -0.2) is 70.6 Å². The first-order chi connectivity index (χ1) is 17.4. The Balaban J connectivity index is 1.42. The standard InChI is InChI=1S/C26H28BrN3O6/c1-35-17-9-7-16(8-10-17)29-24(33)22-26-13-18(27)21(36-26)19(20(26)25(34)30(22)11-12-31)23(32)28-14-15-5-3-2-4-6-15/h2-10,18-22,31H,11-14H2,1H3,(H,28,32)(H,29,33)/t18?,19-,20-,21-,22?,26?/m0/s1. The summed E-state index contributed by atoms with van der Waals surface area (Å²) in [5, 5.41) is 15.5. The molecule has 0 radical (unpaired) electrons. The van der Waals surface area contributed by atoms with Crippen LogP contribution in [0.15, 0.2) is 54.6 Å². The molecule has 3 fully saturated rings. The number of halogens is 1. The molecule has 6 atom stereocenters. The average molecular weight is 558 g/mol. The lowest BCUT2D eigenvalue weighted by atomic mass is 9.70. The number of anilines is 1. The molecule has 10 heteroatoms. The largest absolute Gasteiger partial charge is 0.497 e. The third-order valence-corrected chi connectivity index (χ3v) is 8.19. The second-order valence-corrected chi connectivity index (χ2v) is 10.5. The predicted molar refractivity (Wildman–Crippen MR) is 134 cm³/mol. The van der Waals surface area contributed by atoms with E-state index in [1.807, 2.05) is 30.3 Å². The van der Waals surface area contributed by atoms with Crippen molar-refractivity contribution in [2.75, 3.05) is 25.6 Å². The number of hydrogen-bond acceptors (Lipinski definition) is 6. The third-order valence-electron chi connectivity index (χ3n) is 7.35. The number of nitrogens with one attached hydrogen (secondary N) is 2. The molecule has 2 bridgehead atoms. The molecule has 0 aromatic heterocycles. The van der Waals surface area contributed by atoms with E-state index in [1.165, 1.54) is 4.90 Å². The van der Waals surface area contributed by atoms with Gasteiger partial charge in [0.15, 0.2) is 0 Å². The van der Waals surface area contributed by atoms with Crippen LogP contribution in [0.2, 0.25) is 0 Å². The molecule has 2 aromatic carbocycles. The van der Waals surface area contributed by atoms with Gasteiger partial charge in [-0.1, -0.05) is 46.3 Å². The maximum Gasteiger partial charge on any atom is 0.250 e. The number of β-amino-alcohol motifs (C(OH)–C–C–N with tert-alkyl or cyclic N) is 1. The van der Waals surface area contributed by atoms with Crippen LogP contribution < -0.4 is 15.4 Å². The van der Waals surface area contributed by atoms with Gasteiger partial charge in [-0.2, -0.15) is 0 Å². The minimum absolute atomic E-state index is 0.0306. The van der Waals surface area contributed by atoms with E-state index < -0.39 is 35.5 Å². The van der Waals surface area contributed by atoms with E-state index in [2.05, 4.69) is 26.6 Å². The van der Waals surface area contributed by atoms with Crippen LogP contribution in [0.25, 0.3) is 0 Å². The lowest BCUT2D eigenvalue weighted by Gasteiger charge is -2.34. The van der Waals surface area contributed by atoms with Gasteiger partial charge >= 0.3 is 0 Å². The number of aliphatic hydroxyl groups is 1. The van der Waals surface area contributed by atoms with Gasteiger partial charge in [0, 0.05) is 23.6 Å². The molecule has 3 amide bonds. The monoisotopic (exact) mass is 557 g/mol. The van der Waals surface area contributed by atoms with Crippen LogP contribution in [0.5, 0.6) is 5.75 Å². The van der Waals surface area contributed by atoms with Gasteiger partial charge in [0.1, 0.15) is 17.4 Å². The Labute approximate surface area is 217 Å². The second-order valence-electron chi connectivity index (χ2n) is 9.34. The summed E-state index contributed by atoms with van der Waals surface area (Å²) in [5.41, 5.74) is 0.310. The van der Waals surface area contributed by atoms with Crippen LogP contribution >= 0.6 is 15.9 Å².